The van der Waals surface area contributed by atoms with Gasteiger partial charge in [0.1, 0.15) is 5.60 Å². The van der Waals surface area contributed by atoms with Crippen molar-refractivity contribution in [2.24, 2.45) is 0 Å². The SMILES string of the molecule is CC(C)(C)OC(=O)C(F)(F)S(C)(=O)=O. The third kappa shape index (κ3) is 3.21. The molecule has 0 unspecified atom stereocenters. The first-order valence-corrected chi connectivity index (χ1v) is 5.58. The molecule has 14 heavy (non-hydrogen) atoms. The molecule has 84 valence electrons. The number of esters is 1. The van der Waals surface area contributed by atoms with Crippen LogP contribution in [0.2, 0.25) is 0 Å². The molecule has 0 saturated heterocycles. The van der Waals surface area contributed by atoms with E-state index in [4.69, 9.17) is 0 Å². The zero-order valence-electron chi connectivity index (χ0n) is 8.30. The lowest BCUT2D eigenvalue weighted by Crippen LogP contribution is -2.42. The Labute approximate surface area is 81.2 Å². The Balaban J connectivity index is 4.89. The predicted octanol–water partition coefficient (Wildman–Crippen LogP) is 0.966. The van der Waals surface area contributed by atoms with Crippen LogP contribution in [0.1, 0.15) is 20.8 Å². The van der Waals surface area contributed by atoms with Gasteiger partial charge in [-0.15, -0.1) is 0 Å². The van der Waals surface area contributed by atoms with Crippen LogP contribution >= 0.6 is 0 Å². The maximum Gasteiger partial charge on any atom is 0.439 e. The molecule has 0 aromatic heterocycles. The summed E-state index contributed by atoms with van der Waals surface area (Å²) in [5, 5.41) is -4.49. The molecule has 0 aromatic rings. The van der Waals surface area contributed by atoms with Crippen molar-refractivity contribution in [2.75, 3.05) is 6.26 Å². The van der Waals surface area contributed by atoms with Gasteiger partial charge in [0, 0.05) is 6.26 Å². The summed E-state index contributed by atoms with van der Waals surface area (Å²) in [6.07, 6.45) is 0.275. The summed E-state index contributed by atoms with van der Waals surface area (Å²) in [5.41, 5.74) is -1.15. The van der Waals surface area contributed by atoms with Gasteiger partial charge in [-0.1, -0.05) is 0 Å². The Morgan fingerprint density at radius 2 is 1.57 bits per heavy atom. The molecule has 0 amide bonds. The van der Waals surface area contributed by atoms with Gasteiger partial charge in [0.15, 0.2) is 0 Å². The molecule has 0 N–H and O–H groups in total. The van der Waals surface area contributed by atoms with Crippen molar-refractivity contribution in [1.29, 1.82) is 0 Å². The lowest BCUT2D eigenvalue weighted by atomic mass is 10.2. The Kier molecular flexibility index (Phi) is 3.27. The number of carbonyl (C=O) groups excluding carboxylic acids is 1. The minimum absolute atomic E-state index is 0.275. The van der Waals surface area contributed by atoms with Crippen LogP contribution in [0.5, 0.6) is 0 Å². The van der Waals surface area contributed by atoms with Crippen molar-refractivity contribution in [1.82, 2.24) is 0 Å². The standard InChI is InChI=1S/C7H12F2O4S/c1-6(2,3)13-5(10)7(8,9)14(4,11)12/h1-4H3. The van der Waals surface area contributed by atoms with Crippen molar-refractivity contribution in [3.05, 3.63) is 0 Å². The summed E-state index contributed by atoms with van der Waals surface area (Å²) in [7, 11) is -4.78. The Morgan fingerprint density at radius 1 is 1.21 bits per heavy atom. The first kappa shape index (κ1) is 13.3. The first-order valence-electron chi connectivity index (χ1n) is 3.69. The van der Waals surface area contributed by atoms with E-state index in [9.17, 15) is 22.0 Å². The van der Waals surface area contributed by atoms with E-state index in [1.807, 2.05) is 0 Å². The number of hydrogen-bond acceptors (Lipinski definition) is 4. The molecular weight excluding hydrogens is 218 g/mol. The molecule has 0 aliphatic carbocycles. The molecule has 0 aliphatic heterocycles. The fourth-order valence-electron chi connectivity index (χ4n) is 0.489. The minimum atomic E-state index is -4.78. The molecule has 7 heteroatoms. The second-order valence-corrected chi connectivity index (χ2v) is 5.85. The minimum Gasteiger partial charge on any atom is -0.455 e. The van der Waals surface area contributed by atoms with Crippen LogP contribution in [-0.2, 0) is 19.4 Å². The van der Waals surface area contributed by atoms with Crippen molar-refractivity contribution >= 4 is 15.8 Å². The number of rotatable bonds is 2. The van der Waals surface area contributed by atoms with Gasteiger partial charge in [-0.2, -0.15) is 8.78 Å². The first-order chi connectivity index (χ1) is 5.88. The second kappa shape index (κ2) is 3.45. The molecule has 0 radical (unpaired) electrons. The largest absolute Gasteiger partial charge is 0.455 e. The molecule has 0 rings (SSSR count). The van der Waals surface area contributed by atoms with Crippen LogP contribution in [0, 0.1) is 0 Å². The summed E-state index contributed by atoms with van der Waals surface area (Å²) in [4.78, 5) is 10.8. The van der Waals surface area contributed by atoms with Crippen LogP contribution in [0.15, 0.2) is 0 Å². The Hall–Kier alpha value is -0.720. The number of halogens is 2. The number of sulfone groups is 1. The van der Waals surface area contributed by atoms with Crippen molar-refractivity contribution in [2.45, 2.75) is 31.6 Å². The molecule has 0 aliphatic rings. The molecule has 0 saturated carbocycles. The number of carbonyl (C=O) groups is 1. The van der Waals surface area contributed by atoms with Crippen LogP contribution in [0.4, 0.5) is 8.78 Å². The fraction of sp³-hybridized carbons (Fsp3) is 0.857. The average molecular weight is 230 g/mol. The topological polar surface area (TPSA) is 60.4 Å². The maximum atomic E-state index is 12.8. The highest BCUT2D eigenvalue weighted by atomic mass is 32.2. The van der Waals surface area contributed by atoms with Gasteiger partial charge >= 0.3 is 11.2 Å². The number of hydrogen-bond donors (Lipinski definition) is 0. The zero-order valence-corrected chi connectivity index (χ0v) is 9.11. The summed E-state index contributed by atoms with van der Waals surface area (Å²) >= 11 is 0. The molecule has 0 heterocycles. The highest BCUT2D eigenvalue weighted by Crippen LogP contribution is 2.24. The Morgan fingerprint density at radius 3 is 1.79 bits per heavy atom. The lowest BCUT2D eigenvalue weighted by Gasteiger charge is -2.22. The van der Waals surface area contributed by atoms with Crippen LogP contribution in [0.25, 0.3) is 0 Å². The van der Waals surface area contributed by atoms with Crippen LogP contribution in [0.3, 0.4) is 0 Å². The van der Waals surface area contributed by atoms with E-state index >= 15 is 0 Å². The molecule has 0 aromatic carbocycles. The third-order valence-electron chi connectivity index (χ3n) is 1.10. The number of alkyl halides is 2. The molecule has 4 nitrogen and oxygen atoms in total. The van der Waals surface area contributed by atoms with Crippen LogP contribution in [-0.4, -0.2) is 31.5 Å². The maximum absolute atomic E-state index is 12.8. The van der Waals surface area contributed by atoms with Crippen molar-refractivity contribution in [3.63, 3.8) is 0 Å². The molecule has 0 spiro atoms. The molecular formula is C7H12F2O4S. The summed E-state index contributed by atoms with van der Waals surface area (Å²) in [5.74, 6) is -2.05. The fourth-order valence-corrected chi connectivity index (χ4v) is 0.833. The van der Waals surface area contributed by atoms with E-state index in [2.05, 4.69) is 4.74 Å². The number of ether oxygens (including phenoxy) is 1. The third-order valence-corrected chi connectivity index (χ3v) is 2.20. The van der Waals surface area contributed by atoms with Gasteiger partial charge in [-0.3, -0.25) is 0 Å². The van der Waals surface area contributed by atoms with Gasteiger partial charge in [-0.25, -0.2) is 13.2 Å². The molecule has 0 bridgehead atoms. The molecule has 0 atom stereocenters. The zero-order chi connectivity index (χ0) is 11.8. The highest BCUT2D eigenvalue weighted by Gasteiger charge is 2.52. The second-order valence-electron chi connectivity index (χ2n) is 3.79. The van der Waals surface area contributed by atoms with E-state index in [1.54, 1.807) is 0 Å². The van der Waals surface area contributed by atoms with Gasteiger partial charge in [-0.05, 0) is 20.8 Å². The van der Waals surface area contributed by atoms with Crippen molar-refractivity contribution < 1.29 is 26.7 Å². The normalized spacial score (nSPS) is 13.9. The van der Waals surface area contributed by atoms with E-state index < -0.39 is 26.7 Å². The smallest absolute Gasteiger partial charge is 0.439 e. The van der Waals surface area contributed by atoms with Gasteiger partial charge in [0.2, 0.25) is 9.84 Å². The van der Waals surface area contributed by atoms with E-state index in [0.717, 1.165) is 0 Å². The Bertz CT molecular complexity index is 326. The highest BCUT2D eigenvalue weighted by molar-refractivity contribution is 7.92. The van der Waals surface area contributed by atoms with Crippen molar-refractivity contribution in [3.8, 4) is 0 Å². The van der Waals surface area contributed by atoms with Gasteiger partial charge in [0.25, 0.3) is 0 Å². The summed E-state index contributed by atoms with van der Waals surface area (Å²) in [6, 6.07) is 0. The summed E-state index contributed by atoms with van der Waals surface area (Å²) in [6.45, 7) is 4.09. The van der Waals surface area contributed by atoms with Gasteiger partial charge < -0.3 is 4.74 Å². The van der Waals surface area contributed by atoms with Gasteiger partial charge in [0.05, 0.1) is 0 Å². The average Bonchev–Trinajstić information content (AvgIpc) is 1.80. The molecule has 0 fully saturated rings. The lowest BCUT2D eigenvalue weighted by molar-refractivity contribution is -0.172. The van der Waals surface area contributed by atoms with Crippen LogP contribution < -0.4 is 0 Å². The summed E-state index contributed by atoms with van der Waals surface area (Å²) < 4.78 is 50.9. The van der Waals surface area contributed by atoms with E-state index in [0.29, 0.717) is 0 Å². The van der Waals surface area contributed by atoms with E-state index in [1.165, 1.54) is 20.8 Å². The van der Waals surface area contributed by atoms with E-state index in [-0.39, 0.29) is 6.26 Å². The predicted molar refractivity (Wildman–Crippen MR) is 45.6 cm³/mol. The monoisotopic (exact) mass is 230 g/mol. The quantitative estimate of drug-likeness (QED) is 0.663.